The van der Waals surface area contributed by atoms with E-state index >= 15 is 0 Å². The fourth-order valence-corrected chi connectivity index (χ4v) is 2.67. The molecule has 4 nitrogen and oxygen atoms in total. The van der Waals surface area contributed by atoms with Crippen LogP contribution in [0.15, 0.2) is 0 Å². The van der Waals surface area contributed by atoms with Gasteiger partial charge in [-0.1, -0.05) is 40.0 Å². The van der Waals surface area contributed by atoms with Crippen LogP contribution in [0.1, 0.15) is 52.9 Å². The molecule has 0 heterocycles. The van der Waals surface area contributed by atoms with Gasteiger partial charge in [-0.25, -0.2) is 8.78 Å². The number of esters is 2. The lowest BCUT2D eigenvalue weighted by Crippen LogP contribution is -2.69. The van der Waals surface area contributed by atoms with E-state index in [2.05, 4.69) is 4.74 Å². The van der Waals surface area contributed by atoms with Crippen LogP contribution in [-0.2, 0) is 19.1 Å². The second-order valence-electron chi connectivity index (χ2n) is 8.16. The summed E-state index contributed by atoms with van der Waals surface area (Å²) in [6, 6.07) is 0. The molecule has 0 radical (unpaired) electrons. The molecule has 0 rings (SSSR count). The minimum Gasteiger partial charge on any atom is -0.465 e. The zero-order chi connectivity index (χ0) is 28.8. The van der Waals surface area contributed by atoms with Crippen molar-refractivity contribution in [3.8, 4) is 0 Å². The van der Waals surface area contributed by atoms with Crippen molar-refractivity contribution in [2.45, 2.75) is 88.9 Å². The Labute approximate surface area is 198 Å². The van der Waals surface area contributed by atoms with Crippen molar-refractivity contribution in [1.82, 2.24) is 0 Å². The zero-order valence-electron chi connectivity index (χ0n) is 19.4. The van der Waals surface area contributed by atoms with Gasteiger partial charge < -0.3 is 9.47 Å². The van der Waals surface area contributed by atoms with Crippen LogP contribution in [-0.4, -0.2) is 61.2 Å². The molecule has 0 amide bonds. The van der Waals surface area contributed by atoms with Gasteiger partial charge in [-0.15, -0.1) is 0 Å². The van der Waals surface area contributed by atoms with Crippen molar-refractivity contribution in [2.75, 3.05) is 13.2 Å². The highest BCUT2D eigenvalue weighted by Gasteiger charge is 2.87. The number of alkyl halides is 12. The largest absolute Gasteiger partial charge is 0.465 e. The first-order chi connectivity index (χ1) is 16.1. The van der Waals surface area contributed by atoms with E-state index in [0.717, 1.165) is 19.8 Å². The average molecular weight is 558 g/mol. The molecule has 2 atom stereocenters. The van der Waals surface area contributed by atoms with E-state index in [1.54, 1.807) is 0 Å². The summed E-state index contributed by atoms with van der Waals surface area (Å²) in [5.41, 5.74) is 0. The SMILES string of the molecule is CCCCC(CC)COC(=O)C(C)CC(=O)OCC(F)(F)C(F)(F)C(F)(F)C(F)(F)C(F)(F)C(F)F. The number of carbonyl (C=O) groups excluding carboxylic acids is 2. The maximum atomic E-state index is 13.7. The summed E-state index contributed by atoms with van der Waals surface area (Å²) in [6.45, 7) is 1.73. The molecule has 36 heavy (non-hydrogen) atoms. The summed E-state index contributed by atoms with van der Waals surface area (Å²) in [5.74, 6) is -40.5. The number of hydrogen-bond acceptors (Lipinski definition) is 4. The lowest BCUT2D eigenvalue weighted by molar-refractivity contribution is -0.414. The fourth-order valence-electron chi connectivity index (χ4n) is 2.67. The van der Waals surface area contributed by atoms with Gasteiger partial charge in [-0.2, -0.15) is 43.9 Å². The van der Waals surface area contributed by atoms with E-state index in [4.69, 9.17) is 4.74 Å². The van der Waals surface area contributed by atoms with Crippen LogP contribution in [0.25, 0.3) is 0 Å². The Morgan fingerprint density at radius 3 is 1.78 bits per heavy atom. The van der Waals surface area contributed by atoms with Gasteiger partial charge >= 0.3 is 48.0 Å². The molecule has 0 saturated carbocycles. The first-order valence-electron chi connectivity index (χ1n) is 10.6. The Bertz CT molecular complexity index is 727. The summed E-state index contributed by atoms with van der Waals surface area (Å²) >= 11 is 0. The first-order valence-corrected chi connectivity index (χ1v) is 10.6. The minimum atomic E-state index is -7.71. The Hall–Kier alpha value is -1.90. The lowest BCUT2D eigenvalue weighted by Gasteiger charge is -2.38. The van der Waals surface area contributed by atoms with Gasteiger partial charge in [0.2, 0.25) is 0 Å². The molecule has 0 fully saturated rings. The van der Waals surface area contributed by atoms with Crippen molar-refractivity contribution >= 4 is 11.9 Å². The van der Waals surface area contributed by atoms with Gasteiger partial charge in [0.1, 0.15) is 0 Å². The summed E-state index contributed by atoms with van der Waals surface area (Å²) in [4.78, 5) is 23.5. The molecular weight excluding hydrogens is 532 g/mol. The monoisotopic (exact) mass is 558 g/mol. The Balaban J connectivity index is 5.24. The van der Waals surface area contributed by atoms with Gasteiger partial charge in [0.15, 0.2) is 6.61 Å². The van der Waals surface area contributed by atoms with Crippen LogP contribution in [0.4, 0.5) is 52.7 Å². The van der Waals surface area contributed by atoms with Crippen molar-refractivity contribution in [1.29, 1.82) is 0 Å². The third-order valence-corrected chi connectivity index (χ3v) is 5.23. The first kappa shape index (κ1) is 34.1. The number of halogens is 12. The van der Waals surface area contributed by atoms with Crippen molar-refractivity contribution in [3.05, 3.63) is 0 Å². The van der Waals surface area contributed by atoms with E-state index in [9.17, 15) is 62.3 Å². The molecule has 0 aliphatic rings. The maximum absolute atomic E-state index is 13.7. The van der Waals surface area contributed by atoms with Gasteiger partial charge in [0.05, 0.1) is 18.9 Å². The highest BCUT2D eigenvalue weighted by Crippen LogP contribution is 2.58. The molecule has 0 N–H and O–H groups in total. The molecule has 0 spiro atoms. The molecule has 214 valence electrons. The van der Waals surface area contributed by atoms with Crippen molar-refractivity contribution < 1.29 is 71.7 Å². The van der Waals surface area contributed by atoms with Crippen LogP contribution >= 0.6 is 0 Å². The van der Waals surface area contributed by atoms with Crippen molar-refractivity contribution in [3.63, 3.8) is 0 Å². The molecule has 0 aliphatic heterocycles. The van der Waals surface area contributed by atoms with Gasteiger partial charge in [0.25, 0.3) is 0 Å². The minimum absolute atomic E-state index is 0.0220. The second-order valence-corrected chi connectivity index (χ2v) is 8.16. The summed E-state index contributed by atoms with van der Waals surface area (Å²) < 4.78 is 166. The van der Waals surface area contributed by atoms with Crippen LogP contribution in [0.2, 0.25) is 0 Å². The second kappa shape index (κ2) is 12.6. The van der Waals surface area contributed by atoms with Gasteiger partial charge in [0, 0.05) is 0 Å². The normalized spacial score (nSPS) is 15.6. The van der Waals surface area contributed by atoms with Crippen LogP contribution in [0.5, 0.6) is 0 Å². The zero-order valence-corrected chi connectivity index (χ0v) is 19.4. The molecule has 0 aromatic rings. The van der Waals surface area contributed by atoms with E-state index in [-0.39, 0.29) is 12.5 Å². The molecule has 0 aliphatic carbocycles. The molecule has 0 saturated heterocycles. The van der Waals surface area contributed by atoms with Crippen molar-refractivity contribution in [2.24, 2.45) is 11.8 Å². The Kier molecular flexibility index (Phi) is 11.9. The predicted octanol–water partition coefficient (Wildman–Crippen LogP) is 6.76. The fraction of sp³-hybridized carbons (Fsp3) is 0.900. The summed E-state index contributed by atoms with van der Waals surface area (Å²) in [7, 11) is 0. The molecular formula is C20H26F12O4. The predicted molar refractivity (Wildman–Crippen MR) is 99.7 cm³/mol. The highest BCUT2D eigenvalue weighted by atomic mass is 19.4. The smallest absolute Gasteiger partial charge is 0.384 e. The molecule has 0 bridgehead atoms. The lowest BCUT2D eigenvalue weighted by atomic mass is 9.94. The van der Waals surface area contributed by atoms with E-state index in [1.165, 1.54) is 0 Å². The third-order valence-electron chi connectivity index (χ3n) is 5.23. The molecule has 16 heteroatoms. The Morgan fingerprint density at radius 2 is 1.33 bits per heavy atom. The molecule has 0 aromatic heterocycles. The van der Waals surface area contributed by atoms with Crippen LogP contribution in [0.3, 0.4) is 0 Å². The summed E-state index contributed by atoms with van der Waals surface area (Å²) in [5, 5.41) is 0. The number of hydrogen-bond donors (Lipinski definition) is 0. The quantitative estimate of drug-likeness (QED) is 0.155. The average Bonchev–Trinajstić information content (AvgIpc) is 2.76. The maximum Gasteiger partial charge on any atom is 0.384 e. The number of carbonyl (C=O) groups is 2. The van der Waals surface area contributed by atoms with E-state index in [1.807, 2.05) is 13.8 Å². The summed E-state index contributed by atoms with van der Waals surface area (Å²) in [6.07, 6.45) is -3.63. The van der Waals surface area contributed by atoms with E-state index in [0.29, 0.717) is 12.8 Å². The van der Waals surface area contributed by atoms with Crippen LogP contribution < -0.4 is 0 Å². The topological polar surface area (TPSA) is 52.6 Å². The van der Waals surface area contributed by atoms with Gasteiger partial charge in [-0.3, -0.25) is 9.59 Å². The van der Waals surface area contributed by atoms with E-state index < -0.39 is 66.9 Å². The van der Waals surface area contributed by atoms with Crippen LogP contribution in [0, 0.1) is 11.8 Å². The number of rotatable bonds is 16. The number of ether oxygens (including phenoxy) is 2. The molecule has 2 unspecified atom stereocenters. The standard InChI is InChI=1S/C20H26F12O4/c1-4-6-7-12(5-2)9-35-14(34)11(3)8-13(33)36-10-16(23,24)18(27,28)20(31,32)19(29,30)17(25,26)15(21)22/h11-12,15H,4-10H2,1-3H3. The Morgan fingerprint density at radius 1 is 0.806 bits per heavy atom. The third kappa shape index (κ3) is 7.33. The molecule has 0 aromatic carbocycles. The number of unbranched alkanes of at least 4 members (excludes halogenated alkanes) is 1. The van der Waals surface area contributed by atoms with Gasteiger partial charge in [-0.05, 0) is 12.3 Å². The highest BCUT2D eigenvalue weighted by molar-refractivity contribution is 5.79.